The summed E-state index contributed by atoms with van der Waals surface area (Å²) in [6.45, 7) is 1.99. The van der Waals surface area contributed by atoms with E-state index in [2.05, 4.69) is 15.5 Å². The second kappa shape index (κ2) is 8.96. The molecule has 142 valence electrons. The third-order valence-electron chi connectivity index (χ3n) is 3.42. The molecule has 0 bridgehead atoms. The lowest BCUT2D eigenvalue weighted by Gasteiger charge is -2.08. The molecule has 0 radical (unpaired) electrons. The number of aromatic nitrogens is 2. The molecule has 0 unspecified atom stereocenters. The number of anilines is 1. The van der Waals surface area contributed by atoms with Gasteiger partial charge in [-0.15, -0.1) is 10.2 Å². The quantitative estimate of drug-likeness (QED) is 0.461. The number of nitrogens with zero attached hydrogens (tertiary/aromatic N) is 2. The summed E-state index contributed by atoms with van der Waals surface area (Å²) in [6.07, 6.45) is 1.39. The molecule has 10 heteroatoms. The number of carbonyl (C=O) groups is 1. The SMILES string of the molecule is CCOC(=O)Nc1ccc2c(CSc3nnc(CSC)o3)cc(=O)oc2c1. The predicted molar refractivity (Wildman–Crippen MR) is 104 cm³/mol. The lowest BCUT2D eigenvalue weighted by atomic mass is 10.1. The van der Waals surface area contributed by atoms with Gasteiger partial charge in [0.2, 0.25) is 5.89 Å². The number of hydrogen-bond donors (Lipinski definition) is 1. The molecular weight excluding hydrogens is 390 g/mol. The fraction of sp³-hybridized carbons (Fsp3) is 0.294. The summed E-state index contributed by atoms with van der Waals surface area (Å²) in [7, 11) is 0. The maximum atomic E-state index is 11.9. The van der Waals surface area contributed by atoms with Gasteiger partial charge >= 0.3 is 11.7 Å². The zero-order chi connectivity index (χ0) is 19.2. The van der Waals surface area contributed by atoms with E-state index >= 15 is 0 Å². The molecule has 2 aromatic heterocycles. The molecule has 3 rings (SSSR count). The Morgan fingerprint density at radius 2 is 2.07 bits per heavy atom. The van der Waals surface area contributed by atoms with Crippen molar-refractivity contribution in [3.05, 3.63) is 46.1 Å². The van der Waals surface area contributed by atoms with Gasteiger partial charge in [-0.3, -0.25) is 5.32 Å². The van der Waals surface area contributed by atoms with Crippen LogP contribution in [0.5, 0.6) is 0 Å². The van der Waals surface area contributed by atoms with Crippen LogP contribution < -0.4 is 10.9 Å². The van der Waals surface area contributed by atoms with Crippen molar-refractivity contribution in [2.45, 2.75) is 23.7 Å². The Labute approximate surface area is 163 Å². The summed E-state index contributed by atoms with van der Waals surface area (Å²) in [6, 6.07) is 6.53. The van der Waals surface area contributed by atoms with E-state index in [4.69, 9.17) is 13.6 Å². The number of benzene rings is 1. The Bertz CT molecular complexity index is 1000. The summed E-state index contributed by atoms with van der Waals surface area (Å²) >= 11 is 2.94. The molecule has 27 heavy (non-hydrogen) atoms. The molecule has 2 heterocycles. The first-order chi connectivity index (χ1) is 13.1. The Kier molecular flexibility index (Phi) is 6.40. The number of hydrogen-bond acceptors (Lipinski definition) is 9. The van der Waals surface area contributed by atoms with Gasteiger partial charge in [-0.1, -0.05) is 11.8 Å². The van der Waals surface area contributed by atoms with Crippen LogP contribution in [0.3, 0.4) is 0 Å². The molecule has 8 nitrogen and oxygen atoms in total. The topological polar surface area (TPSA) is 107 Å². The van der Waals surface area contributed by atoms with Gasteiger partial charge in [-0.05, 0) is 30.9 Å². The van der Waals surface area contributed by atoms with Crippen LogP contribution in [0.2, 0.25) is 0 Å². The Morgan fingerprint density at radius 3 is 2.85 bits per heavy atom. The normalized spacial score (nSPS) is 10.9. The molecule has 1 N–H and O–H groups in total. The van der Waals surface area contributed by atoms with Crippen LogP contribution in [0, 0.1) is 0 Å². The van der Waals surface area contributed by atoms with Crippen LogP contribution in [0.1, 0.15) is 18.4 Å². The minimum Gasteiger partial charge on any atom is -0.450 e. The van der Waals surface area contributed by atoms with E-state index in [0.29, 0.717) is 33.9 Å². The smallest absolute Gasteiger partial charge is 0.411 e. The molecule has 0 saturated carbocycles. The largest absolute Gasteiger partial charge is 0.450 e. The first-order valence-corrected chi connectivity index (χ1v) is 10.4. The van der Waals surface area contributed by atoms with Crippen molar-refractivity contribution in [2.75, 3.05) is 18.2 Å². The van der Waals surface area contributed by atoms with Crippen LogP contribution in [0.4, 0.5) is 10.5 Å². The molecule has 1 amide bonds. The van der Waals surface area contributed by atoms with Crippen LogP contribution in [0.25, 0.3) is 11.0 Å². The first kappa shape index (κ1) is 19.3. The highest BCUT2D eigenvalue weighted by molar-refractivity contribution is 7.98. The molecule has 0 aliphatic carbocycles. The highest BCUT2D eigenvalue weighted by Gasteiger charge is 2.11. The number of fused-ring (bicyclic) bond motifs is 1. The summed E-state index contributed by atoms with van der Waals surface area (Å²) in [5.74, 6) is 1.69. The molecular formula is C17H17N3O5S2. The highest BCUT2D eigenvalue weighted by Crippen LogP contribution is 2.27. The van der Waals surface area contributed by atoms with Crippen molar-refractivity contribution in [3.63, 3.8) is 0 Å². The van der Waals surface area contributed by atoms with Crippen LogP contribution in [-0.4, -0.2) is 29.2 Å². The maximum absolute atomic E-state index is 11.9. The van der Waals surface area contributed by atoms with Crippen LogP contribution in [0.15, 0.2) is 43.1 Å². The van der Waals surface area contributed by atoms with Gasteiger partial charge in [0.15, 0.2) is 0 Å². The Balaban J connectivity index is 1.80. The van der Waals surface area contributed by atoms with Crippen LogP contribution >= 0.6 is 23.5 Å². The minimum atomic E-state index is -0.566. The lowest BCUT2D eigenvalue weighted by molar-refractivity contribution is 0.168. The van der Waals surface area contributed by atoms with E-state index in [-0.39, 0.29) is 6.61 Å². The van der Waals surface area contributed by atoms with Gasteiger partial charge < -0.3 is 13.6 Å². The summed E-state index contributed by atoms with van der Waals surface area (Å²) in [5, 5.41) is 11.7. The molecule has 0 aliphatic heterocycles. The molecule has 0 aliphatic rings. The molecule has 0 atom stereocenters. The van der Waals surface area contributed by atoms with Crippen molar-refractivity contribution in [3.8, 4) is 0 Å². The van der Waals surface area contributed by atoms with Crippen molar-refractivity contribution < 1.29 is 18.4 Å². The van der Waals surface area contributed by atoms with Crippen molar-refractivity contribution >= 4 is 46.3 Å². The molecule has 0 saturated heterocycles. The van der Waals surface area contributed by atoms with Crippen molar-refractivity contribution in [1.29, 1.82) is 0 Å². The van der Waals surface area contributed by atoms with Gasteiger partial charge in [0.05, 0.1) is 12.4 Å². The van der Waals surface area contributed by atoms with Gasteiger partial charge in [0.25, 0.3) is 5.22 Å². The van der Waals surface area contributed by atoms with E-state index in [1.165, 1.54) is 17.8 Å². The van der Waals surface area contributed by atoms with Gasteiger partial charge in [-0.25, -0.2) is 9.59 Å². The lowest BCUT2D eigenvalue weighted by Crippen LogP contribution is -2.13. The summed E-state index contributed by atoms with van der Waals surface area (Å²) < 4.78 is 15.6. The third kappa shape index (κ3) is 5.04. The number of thioether (sulfide) groups is 2. The third-order valence-corrected chi connectivity index (χ3v) is 4.82. The van der Waals surface area contributed by atoms with Gasteiger partial charge in [0.1, 0.15) is 5.58 Å². The minimum absolute atomic E-state index is 0.268. The Hall–Kier alpha value is -2.46. The predicted octanol–water partition coefficient (Wildman–Crippen LogP) is 3.90. The van der Waals surface area contributed by atoms with Crippen molar-refractivity contribution in [1.82, 2.24) is 10.2 Å². The standard InChI is InChI=1S/C17H17N3O5S2/c1-3-23-16(22)18-11-4-5-12-10(6-15(21)24-13(12)7-11)8-27-17-20-19-14(25-17)9-26-2/h4-7H,3,8-9H2,1-2H3,(H,18,22). The average Bonchev–Trinajstić information content (AvgIpc) is 3.07. The van der Waals surface area contributed by atoms with Crippen molar-refractivity contribution in [2.24, 2.45) is 0 Å². The first-order valence-electron chi connectivity index (χ1n) is 8.03. The van der Waals surface area contributed by atoms with E-state index in [9.17, 15) is 9.59 Å². The highest BCUT2D eigenvalue weighted by atomic mass is 32.2. The fourth-order valence-electron chi connectivity index (χ4n) is 2.33. The molecule has 0 spiro atoms. The second-order valence-corrected chi connectivity index (χ2v) is 7.12. The van der Waals surface area contributed by atoms with Gasteiger partial charge in [0, 0.05) is 29.0 Å². The van der Waals surface area contributed by atoms with E-state index in [0.717, 1.165) is 10.9 Å². The second-order valence-electron chi connectivity index (χ2n) is 5.33. The number of rotatable bonds is 7. The zero-order valence-corrected chi connectivity index (χ0v) is 16.3. The Morgan fingerprint density at radius 1 is 1.22 bits per heavy atom. The average molecular weight is 407 g/mol. The number of ether oxygens (including phenoxy) is 1. The molecule has 0 fully saturated rings. The zero-order valence-electron chi connectivity index (χ0n) is 14.7. The fourth-order valence-corrected chi connectivity index (χ4v) is 3.47. The number of amides is 1. The van der Waals surface area contributed by atoms with E-state index in [1.54, 1.807) is 36.9 Å². The molecule has 3 aromatic rings. The molecule has 1 aromatic carbocycles. The summed E-state index contributed by atoms with van der Waals surface area (Å²) in [5.41, 5.74) is 1.16. The monoisotopic (exact) mass is 407 g/mol. The summed E-state index contributed by atoms with van der Waals surface area (Å²) in [4.78, 5) is 23.4. The van der Waals surface area contributed by atoms with Crippen LogP contribution in [-0.2, 0) is 16.2 Å². The van der Waals surface area contributed by atoms with E-state index < -0.39 is 11.7 Å². The number of nitrogens with one attached hydrogen (secondary N) is 1. The van der Waals surface area contributed by atoms with E-state index in [1.807, 2.05) is 6.26 Å². The number of carbonyl (C=O) groups excluding carboxylic acids is 1. The van der Waals surface area contributed by atoms with Gasteiger partial charge in [-0.2, -0.15) is 11.8 Å². The maximum Gasteiger partial charge on any atom is 0.411 e.